The van der Waals surface area contributed by atoms with Crippen LogP contribution in [-0.2, 0) is 0 Å². The monoisotopic (exact) mass is 390 g/mol. The van der Waals surface area contributed by atoms with E-state index in [1.54, 1.807) is 62.8 Å². The lowest BCUT2D eigenvalue weighted by atomic mass is 10.1. The number of ether oxygens (including phenoxy) is 1. The van der Waals surface area contributed by atoms with Crippen LogP contribution in [0.25, 0.3) is 11.0 Å². The number of rotatable bonds is 5. The first-order valence-corrected chi connectivity index (χ1v) is 8.78. The molecule has 9 heteroatoms. The van der Waals surface area contributed by atoms with Crippen molar-refractivity contribution in [3.8, 4) is 11.6 Å². The minimum Gasteiger partial charge on any atom is -0.460 e. The van der Waals surface area contributed by atoms with Gasteiger partial charge in [0.25, 0.3) is 5.91 Å². The van der Waals surface area contributed by atoms with E-state index < -0.39 is 0 Å². The van der Waals surface area contributed by atoms with Crippen LogP contribution in [0.1, 0.15) is 16.1 Å². The zero-order chi connectivity index (χ0) is 20.4. The zero-order valence-corrected chi connectivity index (χ0v) is 15.8. The molecule has 4 rings (SSSR count). The molecule has 1 amide bonds. The summed E-state index contributed by atoms with van der Waals surface area (Å²) >= 11 is 0. The van der Waals surface area contributed by atoms with Crippen molar-refractivity contribution in [2.24, 2.45) is 0 Å². The Morgan fingerprint density at radius 1 is 1.17 bits per heavy atom. The Morgan fingerprint density at radius 3 is 2.79 bits per heavy atom. The van der Waals surface area contributed by atoms with E-state index in [0.717, 1.165) is 5.39 Å². The van der Waals surface area contributed by atoms with Gasteiger partial charge in [0.05, 0.1) is 17.4 Å². The van der Waals surface area contributed by atoms with Crippen LogP contribution in [0.5, 0.6) is 11.6 Å². The maximum atomic E-state index is 12.1. The molecule has 0 radical (unpaired) electrons. The Bertz CT molecular complexity index is 1190. The van der Waals surface area contributed by atoms with E-state index in [-0.39, 0.29) is 5.91 Å². The van der Waals surface area contributed by atoms with Gasteiger partial charge >= 0.3 is 0 Å². The number of anilines is 3. The fraction of sp³-hybridized carbons (Fsp3) is 0.100. The quantitative estimate of drug-likeness (QED) is 0.473. The van der Waals surface area contributed by atoms with Crippen molar-refractivity contribution >= 4 is 34.3 Å². The number of carbonyl (C=O) groups excluding carboxylic acids is 1. The first-order valence-electron chi connectivity index (χ1n) is 8.78. The molecule has 3 aromatic heterocycles. The van der Waals surface area contributed by atoms with Gasteiger partial charge in [-0.2, -0.15) is 4.98 Å². The maximum Gasteiger partial charge on any atom is 0.255 e. The number of nitrogen functional groups attached to an aromatic ring is 1. The highest BCUT2D eigenvalue weighted by Gasteiger charge is 2.17. The molecule has 0 atom stereocenters. The van der Waals surface area contributed by atoms with Gasteiger partial charge in [-0.1, -0.05) is 0 Å². The molecule has 0 bridgehead atoms. The van der Waals surface area contributed by atoms with Gasteiger partial charge in [-0.3, -0.25) is 4.79 Å². The second-order valence-electron chi connectivity index (χ2n) is 6.19. The van der Waals surface area contributed by atoms with E-state index in [2.05, 4.69) is 25.6 Å². The van der Waals surface area contributed by atoms with Crippen molar-refractivity contribution in [1.29, 1.82) is 0 Å². The fourth-order valence-electron chi connectivity index (χ4n) is 2.86. The number of hydrogen-bond donors (Lipinski definition) is 3. The summed E-state index contributed by atoms with van der Waals surface area (Å²) in [4.78, 5) is 24.6. The summed E-state index contributed by atoms with van der Waals surface area (Å²) in [6.45, 7) is 1.75. The molecule has 0 saturated carbocycles. The Kier molecular flexibility index (Phi) is 4.70. The standard InChI is InChI=1S/C20H18N6O3/c1-11-18(19(27)22-2)14-5-4-13(9-15(14)28-11)29-17-7-8-23-20(26-17)25-12-3-6-16(21)24-10-12/h3-10H,1-2H3,(H2,21,24)(H,22,27)(H,23,25,26). The molecule has 146 valence electrons. The van der Waals surface area contributed by atoms with Crippen molar-refractivity contribution in [1.82, 2.24) is 20.3 Å². The van der Waals surface area contributed by atoms with E-state index in [1.807, 2.05) is 0 Å². The molecule has 0 saturated heterocycles. The Labute approximate surface area is 165 Å². The number of hydrogen-bond acceptors (Lipinski definition) is 8. The lowest BCUT2D eigenvalue weighted by Crippen LogP contribution is -2.18. The van der Waals surface area contributed by atoms with Crippen LogP contribution in [-0.4, -0.2) is 27.9 Å². The van der Waals surface area contributed by atoms with Crippen LogP contribution < -0.4 is 21.1 Å². The minimum absolute atomic E-state index is 0.196. The number of aryl methyl sites for hydroxylation is 1. The van der Waals surface area contributed by atoms with E-state index >= 15 is 0 Å². The number of nitrogens with two attached hydrogens (primary N) is 1. The topological polar surface area (TPSA) is 128 Å². The van der Waals surface area contributed by atoms with E-state index in [9.17, 15) is 4.79 Å². The van der Waals surface area contributed by atoms with Crippen LogP contribution in [0.3, 0.4) is 0 Å². The molecule has 0 fully saturated rings. The third-order valence-electron chi connectivity index (χ3n) is 4.19. The third kappa shape index (κ3) is 3.79. The normalized spacial score (nSPS) is 10.7. The van der Waals surface area contributed by atoms with Crippen molar-refractivity contribution in [3.05, 3.63) is 60.1 Å². The number of amides is 1. The number of nitrogens with zero attached hydrogens (tertiary/aromatic N) is 3. The molecule has 0 aliphatic rings. The zero-order valence-electron chi connectivity index (χ0n) is 15.8. The molecule has 4 aromatic rings. The van der Waals surface area contributed by atoms with Crippen molar-refractivity contribution in [2.45, 2.75) is 6.92 Å². The number of pyridine rings is 1. The van der Waals surface area contributed by atoms with Crippen molar-refractivity contribution in [3.63, 3.8) is 0 Å². The molecule has 9 nitrogen and oxygen atoms in total. The molecule has 29 heavy (non-hydrogen) atoms. The molecule has 4 N–H and O–H groups in total. The first kappa shape index (κ1) is 18.2. The predicted molar refractivity (Wildman–Crippen MR) is 108 cm³/mol. The summed E-state index contributed by atoms with van der Waals surface area (Å²) in [6, 6.07) is 10.3. The van der Waals surface area contributed by atoms with Crippen LogP contribution in [0.2, 0.25) is 0 Å². The molecule has 1 aromatic carbocycles. The number of nitrogens with one attached hydrogen (secondary N) is 2. The van der Waals surface area contributed by atoms with Gasteiger partial charge in [0.2, 0.25) is 11.8 Å². The second-order valence-corrected chi connectivity index (χ2v) is 6.19. The van der Waals surface area contributed by atoms with Gasteiger partial charge in [-0.15, -0.1) is 0 Å². The highest BCUT2D eigenvalue weighted by molar-refractivity contribution is 6.07. The molecule has 3 heterocycles. The molecule has 0 aliphatic heterocycles. The Morgan fingerprint density at radius 2 is 2.03 bits per heavy atom. The lowest BCUT2D eigenvalue weighted by Gasteiger charge is -2.08. The van der Waals surface area contributed by atoms with E-state index in [1.165, 1.54) is 0 Å². The molecule has 0 unspecified atom stereocenters. The summed E-state index contributed by atoms with van der Waals surface area (Å²) in [6.07, 6.45) is 3.16. The summed E-state index contributed by atoms with van der Waals surface area (Å²) in [5.41, 5.74) is 7.35. The maximum absolute atomic E-state index is 12.1. The smallest absolute Gasteiger partial charge is 0.255 e. The molecule has 0 spiro atoms. The lowest BCUT2D eigenvalue weighted by molar-refractivity contribution is 0.0963. The van der Waals surface area contributed by atoms with Crippen molar-refractivity contribution < 1.29 is 13.9 Å². The summed E-state index contributed by atoms with van der Waals surface area (Å²) in [7, 11) is 1.58. The number of furan rings is 1. The van der Waals surface area contributed by atoms with Crippen LogP contribution >= 0.6 is 0 Å². The molecular formula is C20H18N6O3. The summed E-state index contributed by atoms with van der Waals surface area (Å²) < 4.78 is 11.5. The van der Waals surface area contributed by atoms with Gasteiger partial charge in [-0.05, 0) is 31.2 Å². The first-order chi connectivity index (χ1) is 14.0. The van der Waals surface area contributed by atoms with Gasteiger partial charge in [-0.25, -0.2) is 9.97 Å². The van der Waals surface area contributed by atoms with Crippen LogP contribution in [0.15, 0.2) is 53.2 Å². The van der Waals surface area contributed by atoms with Gasteiger partial charge < -0.3 is 25.5 Å². The number of carbonyl (C=O) groups is 1. The highest BCUT2D eigenvalue weighted by Crippen LogP contribution is 2.30. The van der Waals surface area contributed by atoms with Gasteiger partial charge in [0.15, 0.2) is 0 Å². The second kappa shape index (κ2) is 7.47. The molecular weight excluding hydrogens is 372 g/mol. The van der Waals surface area contributed by atoms with Gasteiger partial charge in [0.1, 0.15) is 22.9 Å². The van der Waals surface area contributed by atoms with Crippen LogP contribution in [0.4, 0.5) is 17.5 Å². The highest BCUT2D eigenvalue weighted by atomic mass is 16.5. The average Bonchev–Trinajstić information content (AvgIpc) is 3.04. The Balaban J connectivity index is 1.57. The van der Waals surface area contributed by atoms with E-state index in [0.29, 0.717) is 46.0 Å². The Hall–Kier alpha value is -4.14. The van der Waals surface area contributed by atoms with Crippen LogP contribution in [0, 0.1) is 6.92 Å². The number of fused-ring (bicyclic) bond motifs is 1. The number of benzene rings is 1. The third-order valence-corrected chi connectivity index (χ3v) is 4.19. The largest absolute Gasteiger partial charge is 0.460 e. The number of aromatic nitrogens is 3. The predicted octanol–water partition coefficient (Wildman–Crippen LogP) is 3.40. The van der Waals surface area contributed by atoms with E-state index in [4.69, 9.17) is 14.9 Å². The summed E-state index contributed by atoms with van der Waals surface area (Å²) in [5.74, 6) is 2.00. The molecule has 0 aliphatic carbocycles. The SMILES string of the molecule is CNC(=O)c1c(C)oc2cc(Oc3ccnc(Nc4ccc(N)nc4)n3)ccc12. The minimum atomic E-state index is -0.196. The summed E-state index contributed by atoms with van der Waals surface area (Å²) in [5, 5.41) is 6.37. The van der Waals surface area contributed by atoms with Crippen molar-refractivity contribution in [2.75, 3.05) is 18.1 Å². The average molecular weight is 390 g/mol. The van der Waals surface area contributed by atoms with Gasteiger partial charge in [0, 0.05) is 30.8 Å². The fourth-order valence-corrected chi connectivity index (χ4v) is 2.86.